The third-order valence-electron chi connectivity index (χ3n) is 5.04. The quantitative estimate of drug-likeness (QED) is 0.853. The normalized spacial score (nSPS) is 25.3. The third kappa shape index (κ3) is 2.59. The molecule has 1 aliphatic heterocycles. The second-order valence-electron chi connectivity index (χ2n) is 6.76. The summed E-state index contributed by atoms with van der Waals surface area (Å²) in [5.74, 6) is 0.308. The molecular formula is C18H26N2O. The molecule has 3 heteroatoms. The molecule has 1 fully saturated rings. The molecule has 0 radical (unpaired) electrons. The van der Waals surface area contributed by atoms with Crippen molar-refractivity contribution in [2.45, 2.75) is 45.2 Å². The lowest BCUT2D eigenvalue weighted by molar-refractivity contribution is -0.136. The lowest BCUT2D eigenvalue weighted by Gasteiger charge is -2.36. The number of likely N-dealkylation sites (N-methyl/N-ethyl adjacent to an activating group) is 1. The highest BCUT2D eigenvalue weighted by Crippen LogP contribution is 2.39. The summed E-state index contributed by atoms with van der Waals surface area (Å²) in [6.07, 6.45) is 3.67. The van der Waals surface area contributed by atoms with Gasteiger partial charge in [-0.2, -0.15) is 0 Å². The van der Waals surface area contributed by atoms with Crippen LogP contribution < -0.4 is 0 Å². The Morgan fingerprint density at radius 1 is 1.24 bits per heavy atom. The maximum absolute atomic E-state index is 12.5. The fourth-order valence-electron chi connectivity index (χ4n) is 3.97. The van der Waals surface area contributed by atoms with Crippen LogP contribution in [0, 0.1) is 5.92 Å². The number of rotatable bonds is 3. The van der Waals surface area contributed by atoms with E-state index in [1.165, 1.54) is 37.1 Å². The first-order valence-corrected chi connectivity index (χ1v) is 8.18. The molecule has 1 aromatic rings. The number of benzene rings is 1. The summed E-state index contributed by atoms with van der Waals surface area (Å²) in [5.41, 5.74) is 2.77. The maximum atomic E-state index is 12.5. The van der Waals surface area contributed by atoms with E-state index in [1.54, 1.807) is 0 Å². The van der Waals surface area contributed by atoms with Crippen LogP contribution in [0.2, 0.25) is 0 Å². The number of nitrogens with zero attached hydrogens (tertiary/aromatic N) is 2. The number of amides is 1. The van der Waals surface area contributed by atoms with Crippen molar-refractivity contribution in [1.29, 1.82) is 0 Å². The number of carbonyl (C=O) groups excluding carboxylic acids is 1. The molecule has 21 heavy (non-hydrogen) atoms. The van der Waals surface area contributed by atoms with Gasteiger partial charge in [-0.25, -0.2) is 0 Å². The fraction of sp³-hybridized carbons (Fsp3) is 0.611. The van der Waals surface area contributed by atoms with Crippen LogP contribution in [0.5, 0.6) is 0 Å². The summed E-state index contributed by atoms with van der Waals surface area (Å²) in [5, 5.41) is 0. The molecule has 2 atom stereocenters. The van der Waals surface area contributed by atoms with Crippen LogP contribution in [0.25, 0.3) is 0 Å². The molecule has 0 bridgehead atoms. The van der Waals surface area contributed by atoms with Gasteiger partial charge >= 0.3 is 0 Å². The molecule has 1 heterocycles. The summed E-state index contributed by atoms with van der Waals surface area (Å²) in [6, 6.07) is 9.33. The molecule has 1 aliphatic carbocycles. The van der Waals surface area contributed by atoms with E-state index in [9.17, 15) is 4.79 Å². The standard InChI is InChI=1S/C18H26N2O/c1-13(2)18(21)19(3)17-15-9-5-4-8-14(15)12-16(17)20-10-6-7-11-20/h4-5,8-9,13,16-17H,6-7,10-12H2,1-3H3. The molecule has 0 spiro atoms. The Kier molecular flexibility index (Phi) is 4.03. The van der Waals surface area contributed by atoms with E-state index in [0.29, 0.717) is 6.04 Å². The van der Waals surface area contributed by atoms with Crippen molar-refractivity contribution in [2.24, 2.45) is 5.92 Å². The van der Waals surface area contributed by atoms with Gasteiger partial charge in [-0.1, -0.05) is 38.1 Å². The van der Waals surface area contributed by atoms with Crippen LogP contribution >= 0.6 is 0 Å². The predicted octanol–water partition coefficient (Wildman–Crippen LogP) is 2.86. The van der Waals surface area contributed by atoms with Crippen molar-refractivity contribution >= 4 is 5.91 Å². The SMILES string of the molecule is CC(C)C(=O)N(C)C1c2ccccc2CC1N1CCCC1. The average Bonchev–Trinajstić information content (AvgIpc) is 3.12. The van der Waals surface area contributed by atoms with E-state index in [1.807, 2.05) is 25.8 Å². The Balaban J connectivity index is 1.93. The molecule has 1 amide bonds. The second-order valence-corrected chi connectivity index (χ2v) is 6.76. The number of carbonyl (C=O) groups is 1. The molecule has 2 unspecified atom stereocenters. The Morgan fingerprint density at radius 3 is 2.57 bits per heavy atom. The zero-order chi connectivity index (χ0) is 15.0. The highest BCUT2D eigenvalue weighted by molar-refractivity contribution is 5.78. The van der Waals surface area contributed by atoms with Crippen LogP contribution in [0.15, 0.2) is 24.3 Å². The predicted molar refractivity (Wildman–Crippen MR) is 85.1 cm³/mol. The minimum Gasteiger partial charge on any atom is -0.337 e. The van der Waals surface area contributed by atoms with E-state index in [-0.39, 0.29) is 17.9 Å². The molecule has 0 N–H and O–H groups in total. The third-order valence-corrected chi connectivity index (χ3v) is 5.04. The van der Waals surface area contributed by atoms with Crippen molar-refractivity contribution in [3.8, 4) is 0 Å². The van der Waals surface area contributed by atoms with Gasteiger partial charge in [0, 0.05) is 19.0 Å². The van der Waals surface area contributed by atoms with E-state index in [0.717, 1.165) is 6.42 Å². The minimum absolute atomic E-state index is 0.0574. The van der Waals surface area contributed by atoms with E-state index < -0.39 is 0 Å². The van der Waals surface area contributed by atoms with Crippen LogP contribution in [-0.2, 0) is 11.2 Å². The van der Waals surface area contributed by atoms with Crippen LogP contribution in [0.4, 0.5) is 0 Å². The lowest BCUT2D eigenvalue weighted by atomic mass is 10.0. The Hall–Kier alpha value is -1.35. The zero-order valence-electron chi connectivity index (χ0n) is 13.4. The van der Waals surface area contributed by atoms with Crippen molar-refractivity contribution in [2.75, 3.05) is 20.1 Å². The zero-order valence-corrected chi connectivity index (χ0v) is 13.4. The van der Waals surface area contributed by atoms with Gasteiger partial charge in [0.25, 0.3) is 0 Å². The molecule has 2 aliphatic rings. The lowest BCUT2D eigenvalue weighted by Crippen LogP contribution is -2.45. The number of hydrogen-bond acceptors (Lipinski definition) is 2. The van der Waals surface area contributed by atoms with Gasteiger partial charge in [0.1, 0.15) is 0 Å². The summed E-state index contributed by atoms with van der Waals surface area (Å²) in [4.78, 5) is 17.1. The first kappa shape index (κ1) is 14.6. The summed E-state index contributed by atoms with van der Waals surface area (Å²) < 4.78 is 0. The van der Waals surface area contributed by atoms with Crippen LogP contribution in [-0.4, -0.2) is 41.9 Å². The van der Waals surface area contributed by atoms with Crippen molar-refractivity contribution in [3.05, 3.63) is 35.4 Å². The van der Waals surface area contributed by atoms with Gasteiger partial charge in [-0.05, 0) is 43.5 Å². The van der Waals surface area contributed by atoms with Crippen LogP contribution in [0.1, 0.15) is 43.9 Å². The summed E-state index contributed by atoms with van der Waals surface area (Å²) in [6.45, 7) is 6.34. The fourth-order valence-corrected chi connectivity index (χ4v) is 3.97. The van der Waals surface area contributed by atoms with Gasteiger partial charge < -0.3 is 4.90 Å². The van der Waals surface area contributed by atoms with E-state index >= 15 is 0 Å². The number of fused-ring (bicyclic) bond motifs is 1. The summed E-state index contributed by atoms with van der Waals surface area (Å²) in [7, 11) is 1.98. The van der Waals surface area contributed by atoms with Gasteiger partial charge in [0.05, 0.1) is 6.04 Å². The molecule has 1 saturated heterocycles. The first-order chi connectivity index (χ1) is 10.1. The molecule has 114 valence electrons. The number of likely N-dealkylation sites (tertiary alicyclic amines) is 1. The highest BCUT2D eigenvalue weighted by atomic mass is 16.2. The Labute approximate surface area is 127 Å². The van der Waals surface area contributed by atoms with Crippen LogP contribution in [0.3, 0.4) is 0 Å². The van der Waals surface area contributed by atoms with Crippen molar-refractivity contribution < 1.29 is 4.79 Å². The Bertz CT molecular complexity index is 520. The smallest absolute Gasteiger partial charge is 0.225 e. The Morgan fingerprint density at radius 2 is 1.90 bits per heavy atom. The van der Waals surface area contributed by atoms with Gasteiger partial charge in [0.15, 0.2) is 0 Å². The van der Waals surface area contributed by atoms with Gasteiger partial charge in [-0.15, -0.1) is 0 Å². The second kappa shape index (κ2) is 5.80. The molecule has 3 nitrogen and oxygen atoms in total. The molecule has 0 saturated carbocycles. The van der Waals surface area contributed by atoms with Crippen molar-refractivity contribution in [1.82, 2.24) is 9.80 Å². The van der Waals surface area contributed by atoms with E-state index in [4.69, 9.17) is 0 Å². The molecule has 0 aromatic heterocycles. The minimum atomic E-state index is 0.0574. The summed E-state index contributed by atoms with van der Waals surface area (Å²) >= 11 is 0. The topological polar surface area (TPSA) is 23.6 Å². The van der Waals surface area contributed by atoms with Crippen molar-refractivity contribution in [3.63, 3.8) is 0 Å². The van der Waals surface area contributed by atoms with Gasteiger partial charge in [0.2, 0.25) is 5.91 Å². The first-order valence-electron chi connectivity index (χ1n) is 8.18. The number of hydrogen-bond donors (Lipinski definition) is 0. The van der Waals surface area contributed by atoms with E-state index in [2.05, 4.69) is 29.2 Å². The van der Waals surface area contributed by atoms with Gasteiger partial charge in [-0.3, -0.25) is 9.69 Å². The molecule has 1 aromatic carbocycles. The largest absolute Gasteiger partial charge is 0.337 e. The maximum Gasteiger partial charge on any atom is 0.225 e. The molecular weight excluding hydrogens is 260 g/mol. The monoisotopic (exact) mass is 286 g/mol. The average molecular weight is 286 g/mol. The molecule has 3 rings (SSSR count). The highest BCUT2D eigenvalue weighted by Gasteiger charge is 2.40.